The summed E-state index contributed by atoms with van der Waals surface area (Å²) >= 11 is 0. The normalized spacial score (nSPS) is 14.3. The summed E-state index contributed by atoms with van der Waals surface area (Å²) in [7, 11) is 0. The van der Waals surface area contributed by atoms with E-state index in [1.807, 2.05) is 71.6 Å². The maximum atomic E-state index is 12.6. The lowest BCUT2D eigenvalue weighted by Gasteiger charge is -2.36. The molecule has 1 saturated heterocycles. The number of rotatable bonds is 8. The van der Waals surface area contributed by atoms with Crippen molar-refractivity contribution in [1.29, 1.82) is 0 Å². The second kappa shape index (κ2) is 11.6. The molecule has 35 heavy (non-hydrogen) atoms. The van der Waals surface area contributed by atoms with Crippen LogP contribution in [-0.4, -0.2) is 49.5 Å². The van der Waals surface area contributed by atoms with E-state index in [2.05, 4.69) is 36.2 Å². The van der Waals surface area contributed by atoms with E-state index >= 15 is 0 Å². The third-order valence-electron chi connectivity index (χ3n) is 6.54. The van der Waals surface area contributed by atoms with Crippen LogP contribution in [0.4, 0.5) is 11.4 Å². The number of hydrogen-bond acceptors (Lipinski definition) is 4. The van der Waals surface area contributed by atoms with Crippen molar-refractivity contribution < 1.29 is 14.3 Å². The van der Waals surface area contributed by atoms with E-state index in [9.17, 15) is 9.59 Å². The molecule has 1 heterocycles. The number of carbonyl (C=O) groups is 2. The van der Waals surface area contributed by atoms with Gasteiger partial charge in [-0.2, -0.15) is 0 Å². The molecule has 6 nitrogen and oxygen atoms in total. The van der Waals surface area contributed by atoms with Gasteiger partial charge in [0.15, 0.2) is 6.61 Å². The average molecular weight is 472 g/mol. The SMILES string of the molecule is CC[C@@H](C)c1ccc(OCC(=O)Nc2ccc(N3CCN(C(=O)c4ccccc4)CC3)cc2)cc1. The first-order valence-corrected chi connectivity index (χ1v) is 12.3. The Morgan fingerprint density at radius 3 is 2.17 bits per heavy atom. The summed E-state index contributed by atoms with van der Waals surface area (Å²) in [6.07, 6.45) is 1.09. The summed E-state index contributed by atoms with van der Waals surface area (Å²) in [6.45, 7) is 7.23. The van der Waals surface area contributed by atoms with E-state index in [0.717, 1.165) is 36.4 Å². The molecule has 1 fully saturated rings. The van der Waals surface area contributed by atoms with E-state index < -0.39 is 0 Å². The molecule has 3 aromatic carbocycles. The Labute approximate surface area is 207 Å². The zero-order valence-corrected chi connectivity index (χ0v) is 20.4. The maximum Gasteiger partial charge on any atom is 0.262 e. The van der Waals surface area contributed by atoms with E-state index in [1.54, 1.807) is 0 Å². The van der Waals surface area contributed by atoms with Crippen LogP contribution in [0, 0.1) is 0 Å². The van der Waals surface area contributed by atoms with Gasteiger partial charge in [-0.1, -0.05) is 44.2 Å². The number of ether oxygens (including phenoxy) is 1. The Bertz CT molecular complexity index is 1110. The second-order valence-corrected chi connectivity index (χ2v) is 8.91. The highest BCUT2D eigenvalue weighted by Crippen LogP contribution is 2.22. The first-order chi connectivity index (χ1) is 17.0. The van der Waals surface area contributed by atoms with Crippen molar-refractivity contribution in [3.63, 3.8) is 0 Å². The minimum atomic E-state index is -0.197. The van der Waals surface area contributed by atoms with Gasteiger partial charge in [0.1, 0.15) is 5.75 Å². The molecule has 0 saturated carbocycles. The fourth-order valence-corrected chi connectivity index (χ4v) is 4.16. The van der Waals surface area contributed by atoms with Gasteiger partial charge in [0.05, 0.1) is 0 Å². The Morgan fingerprint density at radius 1 is 0.886 bits per heavy atom. The molecule has 6 heteroatoms. The fraction of sp³-hybridized carbons (Fsp3) is 0.310. The van der Waals surface area contributed by atoms with Gasteiger partial charge in [0.2, 0.25) is 0 Å². The molecular weight excluding hydrogens is 438 g/mol. The molecule has 0 spiro atoms. The molecule has 1 aliphatic heterocycles. The largest absolute Gasteiger partial charge is 0.484 e. The molecule has 3 aromatic rings. The van der Waals surface area contributed by atoms with Crippen molar-refractivity contribution in [1.82, 2.24) is 4.90 Å². The number of piperazine rings is 1. The maximum absolute atomic E-state index is 12.6. The number of benzene rings is 3. The van der Waals surface area contributed by atoms with Crippen LogP contribution in [0.5, 0.6) is 5.75 Å². The molecule has 0 bridgehead atoms. The van der Waals surface area contributed by atoms with Crippen molar-refractivity contribution in [3.05, 3.63) is 90.0 Å². The van der Waals surface area contributed by atoms with Crippen molar-refractivity contribution in [3.8, 4) is 5.75 Å². The predicted octanol–water partition coefficient (Wildman–Crippen LogP) is 5.18. The van der Waals surface area contributed by atoms with Gasteiger partial charge in [-0.3, -0.25) is 9.59 Å². The molecule has 1 N–H and O–H groups in total. The third-order valence-corrected chi connectivity index (χ3v) is 6.54. The zero-order chi connectivity index (χ0) is 24.6. The molecule has 182 valence electrons. The zero-order valence-electron chi connectivity index (χ0n) is 20.4. The summed E-state index contributed by atoms with van der Waals surface area (Å²) in [4.78, 5) is 29.1. The average Bonchev–Trinajstić information content (AvgIpc) is 2.92. The molecule has 1 aliphatic rings. The number of nitrogens with zero attached hydrogens (tertiary/aromatic N) is 2. The Balaban J connectivity index is 1.23. The summed E-state index contributed by atoms with van der Waals surface area (Å²) in [5.41, 5.74) is 3.81. The number of nitrogens with one attached hydrogen (secondary N) is 1. The van der Waals surface area contributed by atoms with Gasteiger partial charge in [0.25, 0.3) is 11.8 Å². The summed E-state index contributed by atoms with van der Waals surface area (Å²) in [5, 5.41) is 2.89. The Hall–Kier alpha value is -3.80. The van der Waals surface area contributed by atoms with Crippen LogP contribution in [-0.2, 0) is 4.79 Å². The first-order valence-electron chi connectivity index (χ1n) is 12.3. The quantitative estimate of drug-likeness (QED) is 0.492. The summed E-state index contributed by atoms with van der Waals surface area (Å²) in [6, 6.07) is 25.1. The predicted molar refractivity (Wildman–Crippen MR) is 140 cm³/mol. The molecule has 4 rings (SSSR count). The van der Waals surface area contributed by atoms with Crippen LogP contribution < -0.4 is 15.0 Å². The van der Waals surface area contributed by atoms with Crippen LogP contribution in [0.25, 0.3) is 0 Å². The summed E-state index contributed by atoms with van der Waals surface area (Å²) in [5.74, 6) is 1.08. The molecule has 0 unspecified atom stereocenters. The lowest BCUT2D eigenvalue weighted by molar-refractivity contribution is -0.118. The lowest BCUT2D eigenvalue weighted by Crippen LogP contribution is -2.48. The molecule has 0 aromatic heterocycles. The highest BCUT2D eigenvalue weighted by molar-refractivity contribution is 5.94. The van der Waals surface area contributed by atoms with Crippen molar-refractivity contribution in [2.75, 3.05) is 43.0 Å². The van der Waals surface area contributed by atoms with Crippen LogP contribution in [0.3, 0.4) is 0 Å². The molecule has 1 atom stereocenters. The van der Waals surface area contributed by atoms with Crippen molar-refractivity contribution >= 4 is 23.2 Å². The number of amides is 2. The van der Waals surface area contributed by atoms with Gasteiger partial charge < -0.3 is 19.9 Å². The molecule has 2 amide bonds. The smallest absolute Gasteiger partial charge is 0.262 e. The number of hydrogen-bond donors (Lipinski definition) is 1. The van der Waals surface area contributed by atoms with Crippen LogP contribution in [0.2, 0.25) is 0 Å². The van der Waals surface area contributed by atoms with E-state index in [-0.39, 0.29) is 18.4 Å². The molecule has 0 radical (unpaired) electrons. The van der Waals surface area contributed by atoms with Gasteiger partial charge in [-0.15, -0.1) is 0 Å². The van der Waals surface area contributed by atoms with Crippen LogP contribution in [0.15, 0.2) is 78.9 Å². The third kappa shape index (κ3) is 6.41. The van der Waals surface area contributed by atoms with Gasteiger partial charge >= 0.3 is 0 Å². The summed E-state index contributed by atoms with van der Waals surface area (Å²) < 4.78 is 5.64. The molecule has 0 aliphatic carbocycles. The highest BCUT2D eigenvalue weighted by atomic mass is 16.5. The van der Waals surface area contributed by atoms with Crippen molar-refractivity contribution in [2.24, 2.45) is 0 Å². The monoisotopic (exact) mass is 471 g/mol. The minimum Gasteiger partial charge on any atom is -0.484 e. The van der Waals surface area contributed by atoms with Gasteiger partial charge in [-0.05, 0) is 66.4 Å². The Kier molecular flexibility index (Phi) is 8.03. The number of carbonyl (C=O) groups excluding carboxylic acids is 2. The van der Waals surface area contributed by atoms with Crippen LogP contribution >= 0.6 is 0 Å². The lowest BCUT2D eigenvalue weighted by atomic mass is 9.99. The topological polar surface area (TPSA) is 61.9 Å². The first kappa shape index (κ1) is 24.3. The fourth-order valence-electron chi connectivity index (χ4n) is 4.16. The highest BCUT2D eigenvalue weighted by Gasteiger charge is 2.22. The van der Waals surface area contributed by atoms with Crippen molar-refractivity contribution in [2.45, 2.75) is 26.2 Å². The van der Waals surface area contributed by atoms with Crippen LogP contribution in [0.1, 0.15) is 42.1 Å². The van der Waals surface area contributed by atoms with Gasteiger partial charge in [0, 0.05) is 43.1 Å². The second-order valence-electron chi connectivity index (χ2n) is 8.91. The standard InChI is InChI=1S/C29H33N3O3/c1-3-22(2)23-9-15-27(16-10-23)35-21-28(33)30-25-11-13-26(14-12-25)31-17-19-32(20-18-31)29(34)24-7-5-4-6-8-24/h4-16,22H,3,17-21H2,1-2H3,(H,30,33)/t22-/m1/s1. The van der Waals surface area contributed by atoms with E-state index in [1.165, 1.54) is 5.56 Å². The Morgan fingerprint density at radius 2 is 1.54 bits per heavy atom. The van der Waals surface area contributed by atoms with E-state index in [0.29, 0.717) is 24.8 Å². The molecular formula is C29H33N3O3. The minimum absolute atomic E-state index is 0.0398. The van der Waals surface area contributed by atoms with E-state index in [4.69, 9.17) is 4.74 Å². The van der Waals surface area contributed by atoms with Gasteiger partial charge in [-0.25, -0.2) is 0 Å². The number of anilines is 2.